The van der Waals surface area contributed by atoms with Gasteiger partial charge in [0.15, 0.2) is 11.5 Å². The van der Waals surface area contributed by atoms with Crippen LogP contribution in [0.4, 0.5) is 0 Å². The molecule has 6 rings (SSSR count). The van der Waals surface area contributed by atoms with E-state index in [9.17, 15) is 15.0 Å². The van der Waals surface area contributed by atoms with Crippen LogP contribution in [0.2, 0.25) is 0 Å². The highest BCUT2D eigenvalue weighted by Gasteiger charge is 2.74. The van der Waals surface area contributed by atoms with Gasteiger partial charge < -0.3 is 19.7 Å². The van der Waals surface area contributed by atoms with Crippen molar-refractivity contribution in [2.45, 2.75) is 87.6 Å². The van der Waals surface area contributed by atoms with E-state index in [1.165, 1.54) is 18.4 Å². The summed E-state index contributed by atoms with van der Waals surface area (Å²) in [5.74, 6) is 0.713. The normalized spacial score (nSPS) is 37.5. The minimum Gasteiger partial charge on any atom is -0.504 e. The number of hydrogen-bond donors (Lipinski definition) is 3. The number of phenolic OH excluding ortho intramolecular Hbond substituents is 1. The SMILES string of the molecule is CO[C@@]12CC[C@H](N[C@H](C(=O)O)C(C)C)[C@@H]3Oc4c(O)ccc5c4C31CCN(CC1CC1)C2C5. The lowest BCUT2D eigenvalue weighted by molar-refractivity contribution is -0.208. The molecule has 7 heteroatoms. The number of rotatable bonds is 7. The van der Waals surface area contributed by atoms with Gasteiger partial charge in [0.1, 0.15) is 12.1 Å². The number of piperidine rings is 1. The van der Waals surface area contributed by atoms with E-state index in [1.54, 1.807) is 6.07 Å². The largest absolute Gasteiger partial charge is 0.504 e. The van der Waals surface area contributed by atoms with E-state index in [2.05, 4.69) is 16.3 Å². The van der Waals surface area contributed by atoms with Crippen LogP contribution in [-0.4, -0.2) is 71.1 Å². The number of aromatic hydroxyl groups is 1. The van der Waals surface area contributed by atoms with Gasteiger partial charge in [0.05, 0.1) is 11.0 Å². The number of hydrogen-bond acceptors (Lipinski definition) is 6. The maximum absolute atomic E-state index is 12.0. The van der Waals surface area contributed by atoms with Gasteiger partial charge in [-0.1, -0.05) is 19.9 Å². The molecule has 1 saturated heterocycles. The molecule has 0 aromatic heterocycles. The fourth-order valence-corrected chi connectivity index (χ4v) is 7.82. The number of aliphatic carboxylic acids is 1. The van der Waals surface area contributed by atoms with Crippen LogP contribution < -0.4 is 10.1 Å². The van der Waals surface area contributed by atoms with Crippen LogP contribution >= 0.6 is 0 Å². The topological polar surface area (TPSA) is 91.3 Å². The van der Waals surface area contributed by atoms with E-state index in [4.69, 9.17) is 9.47 Å². The lowest BCUT2D eigenvalue weighted by atomic mass is 9.48. The number of nitrogens with one attached hydrogen (secondary N) is 1. The summed E-state index contributed by atoms with van der Waals surface area (Å²) in [4.78, 5) is 14.7. The number of methoxy groups -OCH3 is 1. The number of phenols is 1. The third-order valence-electron chi connectivity index (χ3n) is 9.41. The molecule has 3 aliphatic carbocycles. The summed E-state index contributed by atoms with van der Waals surface area (Å²) in [7, 11) is 1.85. The number of likely N-dealkylation sites (tertiary alicyclic amines) is 1. The molecule has 0 amide bonds. The first kappa shape index (κ1) is 21.7. The predicted octanol–water partition coefficient (Wildman–Crippen LogP) is 2.68. The molecule has 3 fully saturated rings. The Kier molecular flexibility index (Phi) is 4.82. The summed E-state index contributed by atoms with van der Waals surface area (Å²) in [5, 5.41) is 24.1. The molecule has 1 aromatic rings. The molecule has 2 unspecified atom stereocenters. The van der Waals surface area contributed by atoms with Crippen LogP contribution in [0.3, 0.4) is 0 Å². The van der Waals surface area contributed by atoms with Crippen LogP contribution in [0, 0.1) is 11.8 Å². The first-order chi connectivity index (χ1) is 15.8. The van der Waals surface area contributed by atoms with Crippen molar-refractivity contribution in [1.29, 1.82) is 0 Å². The Hall–Kier alpha value is -1.83. The minimum atomic E-state index is -0.828. The van der Waals surface area contributed by atoms with Gasteiger partial charge in [0, 0.05) is 31.3 Å². The molecule has 33 heavy (non-hydrogen) atoms. The standard InChI is InChI=1S/C26H36N2O5/c1-14(2)21(24(30)31)27-17-8-9-26(32-3)19-12-16-6-7-18(29)22-20(16)25(26,23(17)33-22)10-11-28(19)13-15-4-5-15/h6-7,14-15,17,19,21,23,27,29H,4-5,8-13H2,1-3H3,(H,30,31)/t17-,19?,21-,23-,25?,26+/m0/s1. The zero-order valence-electron chi connectivity index (χ0n) is 19.8. The molecule has 2 saturated carbocycles. The lowest BCUT2D eigenvalue weighted by Crippen LogP contribution is -2.79. The predicted molar refractivity (Wildman–Crippen MR) is 123 cm³/mol. The van der Waals surface area contributed by atoms with E-state index in [0.29, 0.717) is 5.75 Å². The van der Waals surface area contributed by atoms with Gasteiger partial charge in [-0.05, 0) is 68.5 Å². The van der Waals surface area contributed by atoms with Gasteiger partial charge in [-0.3, -0.25) is 15.0 Å². The first-order valence-corrected chi connectivity index (χ1v) is 12.6. The van der Waals surface area contributed by atoms with Crippen molar-refractivity contribution >= 4 is 5.97 Å². The minimum absolute atomic E-state index is 0.0404. The van der Waals surface area contributed by atoms with Gasteiger partial charge in [-0.15, -0.1) is 0 Å². The van der Waals surface area contributed by atoms with Gasteiger partial charge in [-0.25, -0.2) is 0 Å². The highest BCUT2D eigenvalue weighted by atomic mass is 16.5. The molecular formula is C26H36N2O5. The van der Waals surface area contributed by atoms with E-state index in [1.807, 2.05) is 21.0 Å². The number of carboxylic acid groups (broad SMARTS) is 1. The molecule has 2 heterocycles. The molecule has 7 nitrogen and oxygen atoms in total. The molecule has 1 spiro atoms. The van der Waals surface area contributed by atoms with E-state index in [0.717, 1.165) is 50.3 Å². The van der Waals surface area contributed by atoms with E-state index >= 15 is 0 Å². The molecule has 2 aliphatic heterocycles. The average molecular weight is 457 g/mol. The number of benzene rings is 1. The molecule has 180 valence electrons. The van der Waals surface area contributed by atoms with Crippen molar-refractivity contribution in [2.75, 3.05) is 20.2 Å². The zero-order valence-corrected chi connectivity index (χ0v) is 19.8. The number of carboxylic acids is 1. The maximum Gasteiger partial charge on any atom is 0.320 e. The van der Waals surface area contributed by atoms with E-state index in [-0.39, 0.29) is 35.3 Å². The molecule has 3 N–H and O–H groups in total. The van der Waals surface area contributed by atoms with Gasteiger partial charge >= 0.3 is 5.97 Å². The second-order valence-corrected chi connectivity index (χ2v) is 11.3. The summed E-state index contributed by atoms with van der Waals surface area (Å²) < 4.78 is 13.2. The van der Waals surface area contributed by atoms with Gasteiger partial charge in [0.25, 0.3) is 0 Å². The summed E-state index contributed by atoms with van der Waals surface area (Å²) in [5.41, 5.74) is 1.60. The van der Waals surface area contributed by atoms with Crippen LogP contribution in [-0.2, 0) is 21.4 Å². The van der Waals surface area contributed by atoms with Crippen LogP contribution in [0.25, 0.3) is 0 Å². The molecular weight excluding hydrogens is 420 g/mol. The fraction of sp³-hybridized carbons (Fsp3) is 0.731. The van der Waals surface area contributed by atoms with E-state index < -0.39 is 17.6 Å². The van der Waals surface area contributed by atoms with Crippen LogP contribution in [0.1, 0.15) is 57.1 Å². The number of carbonyl (C=O) groups is 1. The Balaban J connectivity index is 1.47. The van der Waals surface area contributed by atoms with Gasteiger partial charge in [0.2, 0.25) is 0 Å². The quantitative estimate of drug-likeness (QED) is 0.581. The summed E-state index contributed by atoms with van der Waals surface area (Å²) in [6, 6.07) is 3.34. The van der Waals surface area contributed by atoms with Crippen LogP contribution in [0.5, 0.6) is 11.5 Å². The van der Waals surface area contributed by atoms with Crippen LogP contribution in [0.15, 0.2) is 12.1 Å². The smallest absolute Gasteiger partial charge is 0.320 e. The van der Waals surface area contributed by atoms with Crippen molar-refractivity contribution in [3.63, 3.8) is 0 Å². The Morgan fingerprint density at radius 3 is 2.76 bits per heavy atom. The third kappa shape index (κ3) is 2.82. The molecule has 6 atom stereocenters. The number of nitrogens with zero attached hydrogens (tertiary/aromatic N) is 1. The first-order valence-electron chi connectivity index (χ1n) is 12.6. The Bertz CT molecular complexity index is 978. The second kappa shape index (κ2) is 7.33. The fourth-order valence-electron chi connectivity index (χ4n) is 7.82. The molecule has 2 bridgehead atoms. The van der Waals surface area contributed by atoms with Crippen molar-refractivity contribution in [3.05, 3.63) is 23.3 Å². The van der Waals surface area contributed by atoms with Gasteiger partial charge in [-0.2, -0.15) is 0 Å². The lowest BCUT2D eigenvalue weighted by Gasteiger charge is -2.66. The Morgan fingerprint density at radius 2 is 2.09 bits per heavy atom. The van der Waals surface area contributed by atoms with Crippen molar-refractivity contribution in [2.24, 2.45) is 11.8 Å². The highest BCUT2D eigenvalue weighted by Crippen LogP contribution is 2.66. The monoisotopic (exact) mass is 456 g/mol. The highest BCUT2D eigenvalue weighted by molar-refractivity contribution is 5.74. The molecule has 1 aromatic carbocycles. The third-order valence-corrected chi connectivity index (χ3v) is 9.41. The number of ether oxygens (including phenoxy) is 2. The maximum atomic E-state index is 12.0. The van der Waals surface area contributed by atoms with Crippen molar-refractivity contribution in [3.8, 4) is 11.5 Å². The van der Waals surface area contributed by atoms with Crippen molar-refractivity contribution in [1.82, 2.24) is 10.2 Å². The average Bonchev–Trinajstić information content (AvgIpc) is 3.53. The second-order valence-electron chi connectivity index (χ2n) is 11.3. The Morgan fingerprint density at radius 1 is 1.30 bits per heavy atom. The Labute approximate surface area is 195 Å². The summed E-state index contributed by atoms with van der Waals surface area (Å²) in [6.45, 7) is 5.99. The van der Waals surface area contributed by atoms with Crippen molar-refractivity contribution < 1.29 is 24.5 Å². The summed E-state index contributed by atoms with van der Waals surface area (Å²) >= 11 is 0. The molecule has 0 radical (unpaired) electrons. The summed E-state index contributed by atoms with van der Waals surface area (Å²) in [6.07, 6.45) is 5.83. The zero-order chi connectivity index (χ0) is 23.1. The molecule has 5 aliphatic rings.